The Morgan fingerprint density at radius 3 is 2.94 bits per heavy atom. The van der Waals surface area contributed by atoms with Gasteiger partial charge in [0.15, 0.2) is 5.78 Å². The van der Waals surface area contributed by atoms with Crippen molar-refractivity contribution < 1.29 is 4.79 Å². The minimum absolute atomic E-state index is 0.144. The first-order valence-electron chi connectivity index (χ1n) is 5.61. The SMILES string of the molecule is Cc1c(Cl)cccc1C(=O)C1CCCCS1. The van der Waals surface area contributed by atoms with Crippen LogP contribution in [0.3, 0.4) is 0 Å². The molecule has 0 spiro atoms. The Morgan fingerprint density at radius 2 is 2.25 bits per heavy atom. The lowest BCUT2D eigenvalue weighted by molar-refractivity contribution is 0.0984. The smallest absolute Gasteiger partial charge is 0.176 e. The fraction of sp³-hybridized carbons (Fsp3) is 0.462. The van der Waals surface area contributed by atoms with Crippen molar-refractivity contribution in [3.63, 3.8) is 0 Å². The molecule has 1 nitrogen and oxygen atoms in total. The van der Waals surface area contributed by atoms with Gasteiger partial charge < -0.3 is 0 Å². The molecule has 2 rings (SSSR count). The highest BCUT2D eigenvalue weighted by Gasteiger charge is 2.24. The first-order valence-corrected chi connectivity index (χ1v) is 7.04. The van der Waals surface area contributed by atoms with Crippen molar-refractivity contribution in [2.75, 3.05) is 5.75 Å². The maximum Gasteiger partial charge on any atom is 0.176 e. The second kappa shape index (κ2) is 5.24. The molecular weight excluding hydrogens is 240 g/mol. The third kappa shape index (κ3) is 2.44. The van der Waals surface area contributed by atoms with E-state index in [0.29, 0.717) is 5.02 Å². The minimum Gasteiger partial charge on any atom is -0.293 e. The second-order valence-corrected chi connectivity index (χ2v) is 5.85. The molecule has 86 valence electrons. The predicted molar refractivity (Wildman–Crippen MR) is 70.6 cm³/mol. The molecule has 1 aromatic carbocycles. The molecule has 0 aromatic heterocycles. The van der Waals surface area contributed by atoms with Crippen LogP contribution in [0.2, 0.25) is 5.02 Å². The maximum absolute atomic E-state index is 12.3. The van der Waals surface area contributed by atoms with Crippen LogP contribution in [0.1, 0.15) is 35.2 Å². The molecule has 1 atom stereocenters. The van der Waals surface area contributed by atoms with Crippen LogP contribution in [0.25, 0.3) is 0 Å². The number of halogens is 1. The summed E-state index contributed by atoms with van der Waals surface area (Å²) in [4.78, 5) is 12.3. The van der Waals surface area contributed by atoms with E-state index in [9.17, 15) is 4.79 Å². The lowest BCUT2D eigenvalue weighted by Gasteiger charge is -2.20. The number of carbonyl (C=O) groups excluding carboxylic acids is 1. The molecule has 0 aliphatic carbocycles. The van der Waals surface area contributed by atoms with Gasteiger partial charge in [-0.3, -0.25) is 4.79 Å². The van der Waals surface area contributed by atoms with Gasteiger partial charge in [0.25, 0.3) is 0 Å². The van der Waals surface area contributed by atoms with Crippen LogP contribution in [0.5, 0.6) is 0 Å². The first-order chi connectivity index (χ1) is 7.70. The van der Waals surface area contributed by atoms with Crippen LogP contribution >= 0.6 is 23.4 Å². The van der Waals surface area contributed by atoms with Crippen molar-refractivity contribution >= 4 is 29.1 Å². The highest BCUT2D eigenvalue weighted by atomic mass is 35.5. The summed E-state index contributed by atoms with van der Waals surface area (Å²) >= 11 is 7.83. The Morgan fingerprint density at radius 1 is 1.44 bits per heavy atom. The van der Waals surface area contributed by atoms with Gasteiger partial charge in [0.05, 0.1) is 5.25 Å². The van der Waals surface area contributed by atoms with Gasteiger partial charge in [-0.2, -0.15) is 11.8 Å². The fourth-order valence-corrected chi connectivity index (χ4v) is 3.44. The van der Waals surface area contributed by atoms with Gasteiger partial charge in [-0.25, -0.2) is 0 Å². The van der Waals surface area contributed by atoms with Crippen LogP contribution < -0.4 is 0 Å². The van der Waals surface area contributed by atoms with Crippen molar-refractivity contribution in [3.05, 3.63) is 34.3 Å². The van der Waals surface area contributed by atoms with E-state index in [-0.39, 0.29) is 11.0 Å². The summed E-state index contributed by atoms with van der Waals surface area (Å²) in [5, 5.41) is 0.831. The molecule has 3 heteroatoms. The standard InChI is InChI=1S/C13H15ClOS/c1-9-10(5-4-6-11(9)14)13(15)12-7-2-3-8-16-12/h4-6,12H,2-3,7-8H2,1H3. The van der Waals surface area contributed by atoms with Gasteiger partial charge in [-0.15, -0.1) is 0 Å². The quantitative estimate of drug-likeness (QED) is 0.739. The molecule has 1 aromatic rings. The summed E-state index contributed by atoms with van der Waals surface area (Å²) < 4.78 is 0. The molecule has 0 bridgehead atoms. The number of carbonyl (C=O) groups is 1. The Labute approximate surface area is 106 Å². The Kier molecular flexibility index (Phi) is 3.93. The van der Waals surface area contributed by atoms with Crippen molar-refractivity contribution in [1.29, 1.82) is 0 Å². The molecule has 0 N–H and O–H groups in total. The average Bonchev–Trinajstić information content (AvgIpc) is 2.33. The number of hydrogen-bond acceptors (Lipinski definition) is 2. The molecule has 0 saturated carbocycles. The topological polar surface area (TPSA) is 17.1 Å². The number of thioether (sulfide) groups is 1. The molecule has 1 unspecified atom stereocenters. The van der Waals surface area contributed by atoms with Crippen LogP contribution in [0.15, 0.2) is 18.2 Å². The largest absolute Gasteiger partial charge is 0.293 e. The van der Waals surface area contributed by atoms with Crippen molar-refractivity contribution in [2.45, 2.75) is 31.4 Å². The summed E-state index contributed by atoms with van der Waals surface area (Å²) in [7, 11) is 0. The molecule has 16 heavy (non-hydrogen) atoms. The van der Waals surface area contributed by atoms with Crippen molar-refractivity contribution in [3.8, 4) is 0 Å². The summed E-state index contributed by atoms with van der Waals surface area (Å²) in [6.45, 7) is 1.92. The number of benzene rings is 1. The van der Waals surface area contributed by atoms with E-state index in [4.69, 9.17) is 11.6 Å². The zero-order chi connectivity index (χ0) is 11.5. The summed E-state index contributed by atoms with van der Waals surface area (Å²) in [5.41, 5.74) is 1.72. The van der Waals surface area contributed by atoms with Crippen molar-refractivity contribution in [1.82, 2.24) is 0 Å². The molecular formula is C13H15ClOS. The van der Waals surface area contributed by atoms with Gasteiger partial charge in [0.2, 0.25) is 0 Å². The lowest BCUT2D eigenvalue weighted by Crippen LogP contribution is -2.21. The van der Waals surface area contributed by atoms with Gasteiger partial charge in [0, 0.05) is 10.6 Å². The molecule has 1 fully saturated rings. The Hall–Kier alpha value is -0.470. The predicted octanol–water partition coefficient (Wildman–Crippen LogP) is 4.12. The van der Waals surface area contributed by atoms with E-state index in [2.05, 4.69) is 0 Å². The number of hydrogen-bond donors (Lipinski definition) is 0. The summed E-state index contributed by atoms with van der Waals surface area (Å²) in [5.74, 6) is 1.36. The number of rotatable bonds is 2. The average molecular weight is 255 g/mol. The third-order valence-electron chi connectivity index (χ3n) is 3.01. The molecule has 1 saturated heterocycles. The third-order valence-corrected chi connectivity index (χ3v) is 4.79. The van der Waals surface area contributed by atoms with E-state index in [1.54, 1.807) is 11.8 Å². The summed E-state index contributed by atoms with van der Waals surface area (Å²) in [6, 6.07) is 5.58. The lowest BCUT2D eigenvalue weighted by atomic mass is 10.00. The normalized spacial score (nSPS) is 20.8. The minimum atomic E-state index is 0.144. The van der Waals surface area contributed by atoms with E-state index >= 15 is 0 Å². The fourth-order valence-electron chi connectivity index (χ4n) is 2.00. The van der Waals surface area contributed by atoms with Crippen LogP contribution in [0.4, 0.5) is 0 Å². The van der Waals surface area contributed by atoms with E-state index in [1.165, 1.54) is 12.8 Å². The molecule has 1 heterocycles. The highest BCUT2D eigenvalue weighted by molar-refractivity contribution is 8.00. The Balaban J connectivity index is 2.22. The Bertz CT molecular complexity index is 397. The molecule has 1 aliphatic heterocycles. The zero-order valence-electron chi connectivity index (χ0n) is 9.33. The monoisotopic (exact) mass is 254 g/mol. The zero-order valence-corrected chi connectivity index (χ0v) is 10.9. The molecule has 0 amide bonds. The first kappa shape index (κ1) is 12.0. The van der Waals surface area contributed by atoms with E-state index in [1.807, 2.05) is 25.1 Å². The van der Waals surface area contributed by atoms with Crippen molar-refractivity contribution in [2.24, 2.45) is 0 Å². The number of ketones is 1. The van der Waals surface area contributed by atoms with Gasteiger partial charge in [-0.1, -0.05) is 30.2 Å². The summed E-state index contributed by atoms with van der Waals surface area (Å²) in [6.07, 6.45) is 3.42. The van der Waals surface area contributed by atoms with Crippen LogP contribution in [-0.2, 0) is 0 Å². The van der Waals surface area contributed by atoms with Gasteiger partial charge in [0.1, 0.15) is 0 Å². The molecule has 0 radical (unpaired) electrons. The molecule has 1 aliphatic rings. The maximum atomic E-state index is 12.3. The number of Topliss-reactive ketones (excluding diaryl/α,β-unsaturated/α-hetero) is 1. The van der Waals surface area contributed by atoms with E-state index < -0.39 is 0 Å². The van der Waals surface area contributed by atoms with E-state index in [0.717, 1.165) is 23.3 Å². The van der Waals surface area contributed by atoms with Gasteiger partial charge in [-0.05, 0) is 37.1 Å². The van der Waals surface area contributed by atoms with Gasteiger partial charge >= 0.3 is 0 Å². The second-order valence-electron chi connectivity index (χ2n) is 4.13. The van der Waals surface area contributed by atoms with Crippen LogP contribution in [-0.4, -0.2) is 16.8 Å². The highest BCUT2D eigenvalue weighted by Crippen LogP contribution is 2.30. The van der Waals surface area contributed by atoms with Crippen LogP contribution in [0, 0.1) is 6.92 Å².